The molecule has 2 N–H and O–H groups in total. The van der Waals surface area contributed by atoms with E-state index in [-0.39, 0.29) is 25.4 Å². The van der Waals surface area contributed by atoms with Crippen molar-refractivity contribution >= 4 is 11.9 Å². The standard InChI is InChI=1S/C29H34O10/c1-16-6-9-27-14-34-22(31)12-17-7-10-35-28(23(32)25(33)39-24(17)28)8-4-3-5-21(30)38-18-13-20(37-19(27)11-16)29(15-36-29)26(18,27)2/h3-5,8,11-12,18-20,23-25,32-33H,6-7,9-10,13-15H2,1-2H3/b5-3-,8-4-,17-12-. The van der Waals surface area contributed by atoms with E-state index in [1.165, 1.54) is 23.8 Å². The minimum atomic E-state index is -1.51. The molecule has 2 aliphatic carbocycles. The lowest BCUT2D eigenvalue weighted by Gasteiger charge is -2.58. The fourth-order valence-electron chi connectivity index (χ4n) is 8.14. The van der Waals surface area contributed by atoms with Gasteiger partial charge in [0.15, 0.2) is 6.29 Å². The van der Waals surface area contributed by atoms with Crippen LogP contribution in [0.25, 0.3) is 0 Å². The molecule has 10 unspecified atom stereocenters. The summed E-state index contributed by atoms with van der Waals surface area (Å²) in [6, 6.07) is 0. The Labute approximate surface area is 226 Å². The average Bonchev–Trinajstić information content (AvgIpc) is 3.64. The number of ether oxygens (including phenoxy) is 6. The van der Waals surface area contributed by atoms with Gasteiger partial charge in [-0.3, -0.25) is 0 Å². The van der Waals surface area contributed by atoms with Crippen molar-refractivity contribution in [2.45, 2.75) is 87.5 Å². The summed E-state index contributed by atoms with van der Waals surface area (Å²) in [5.41, 5.74) is -1.58. The van der Waals surface area contributed by atoms with E-state index in [2.05, 4.69) is 19.9 Å². The number of carbonyl (C=O) groups excluding carboxylic acids is 2. The third-order valence-electron chi connectivity index (χ3n) is 10.4. The highest BCUT2D eigenvalue weighted by molar-refractivity contribution is 5.83. The molecular weight excluding hydrogens is 508 g/mol. The molecule has 0 aromatic carbocycles. The second-order valence-corrected chi connectivity index (χ2v) is 12.1. The maximum Gasteiger partial charge on any atom is 0.331 e. The van der Waals surface area contributed by atoms with Gasteiger partial charge in [0.1, 0.15) is 36.1 Å². The number of hydrogen-bond donors (Lipinski definition) is 2. The van der Waals surface area contributed by atoms with Gasteiger partial charge in [-0.25, -0.2) is 9.59 Å². The molecule has 7 rings (SSSR count). The van der Waals surface area contributed by atoms with E-state index in [4.69, 9.17) is 28.4 Å². The summed E-state index contributed by atoms with van der Waals surface area (Å²) in [6.07, 6.45) is 6.94. The van der Waals surface area contributed by atoms with Crippen molar-refractivity contribution in [2.75, 3.05) is 19.8 Å². The normalized spacial score (nSPS) is 53.4. The topological polar surface area (TPSA) is 133 Å². The average molecular weight is 543 g/mol. The van der Waals surface area contributed by atoms with E-state index in [0.29, 0.717) is 31.4 Å². The number of allylic oxidation sites excluding steroid dienone is 3. The van der Waals surface area contributed by atoms with Crippen molar-refractivity contribution in [1.82, 2.24) is 0 Å². The molecule has 4 bridgehead atoms. The van der Waals surface area contributed by atoms with Crippen molar-refractivity contribution in [1.29, 1.82) is 0 Å². The highest BCUT2D eigenvalue weighted by Crippen LogP contribution is 2.72. The van der Waals surface area contributed by atoms with Crippen LogP contribution in [0, 0.1) is 10.8 Å². The fourth-order valence-corrected chi connectivity index (χ4v) is 8.14. The van der Waals surface area contributed by atoms with Crippen LogP contribution < -0.4 is 0 Å². The van der Waals surface area contributed by atoms with Crippen LogP contribution in [0.1, 0.15) is 39.5 Å². The SMILES string of the molecule is CC1=CC2OC3CC4OC(=O)/C=C\C=C/C56OCC/C(=C/C(=O)OCC2(CC1)C4(C)C31CO1)C5OC(O)C6O. The van der Waals surface area contributed by atoms with E-state index in [1.807, 2.05) is 0 Å². The second kappa shape index (κ2) is 8.58. The Kier molecular flexibility index (Phi) is 5.64. The zero-order chi connectivity index (χ0) is 27.2. The molecule has 5 aliphatic heterocycles. The second-order valence-electron chi connectivity index (χ2n) is 12.1. The third kappa shape index (κ3) is 3.36. The van der Waals surface area contributed by atoms with Gasteiger partial charge < -0.3 is 38.6 Å². The Bertz CT molecular complexity index is 1210. The number of aliphatic hydroxyl groups is 2. The molecule has 1 saturated carbocycles. The van der Waals surface area contributed by atoms with Crippen molar-refractivity contribution in [2.24, 2.45) is 10.8 Å². The zero-order valence-corrected chi connectivity index (χ0v) is 22.0. The Balaban J connectivity index is 1.32. The van der Waals surface area contributed by atoms with Crippen molar-refractivity contribution < 1.29 is 48.2 Å². The van der Waals surface area contributed by atoms with Gasteiger partial charge in [0.2, 0.25) is 0 Å². The predicted molar refractivity (Wildman–Crippen MR) is 133 cm³/mol. The summed E-state index contributed by atoms with van der Waals surface area (Å²) >= 11 is 0. The first-order valence-electron chi connectivity index (χ1n) is 13.7. The fraction of sp³-hybridized carbons (Fsp3) is 0.655. The summed E-state index contributed by atoms with van der Waals surface area (Å²) in [4.78, 5) is 26.4. The molecule has 0 aromatic rings. The Hall–Kier alpha value is -2.34. The molecule has 2 spiro atoms. The third-order valence-corrected chi connectivity index (χ3v) is 10.4. The van der Waals surface area contributed by atoms with E-state index in [0.717, 1.165) is 6.42 Å². The molecule has 210 valence electrons. The first kappa shape index (κ1) is 25.6. The number of rotatable bonds is 0. The van der Waals surface area contributed by atoms with E-state index < -0.39 is 58.6 Å². The number of aliphatic hydroxyl groups excluding tert-OH is 2. The lowest BCUT2D eigenvalue weighted by atomic mass is 9.51. The van der Waals surface area contributed by atoms with E-state index >= 15 is 0 Å². The molecule has 10 heteroatoms. The highest BCUT2D eigenvalue weighted by atomic mass is 16.7. The monoisotopic (exact) mass is 542 g/mol. The number of hydrogen-bond acceptors (Lipinski definition) is 10. The number of cyclic esters (lactones) is 1. The number of esters is 2. The molecular formula is C29H34O10. The summed E-state index contributed by atoms with van der Waals surface area (Å²) in [5.74, 6) is -1.08. The molecule has 39 heavy (non-hydrogen) atoms. The lowest BCUT2D eigenvalue weighted by molar-refractivity contribution is -0.232. The van der Waals surface area contributed by atoms with Gasteiger partial charge in [-0.1, -0.05) is 30.7 Å². The largest absolute Gasteiger partial charge is 0.462 e. The molecule has 5 heterocycles. The van der Waals surface area contributed by atoms with E-state index in [9.17, 15) is 19.8 Å². The van der Waals surface area contributed by atoms with Crippen molar-refractivity contribution in [3.05, 3.63) is 47.6 Å². The first-order valence-corrected chi connectivity index (χ1v) is 13.7. The van der Waals surface area contributed by atoms with Gasteiger partial charge in [-0.2, -0.15) is 0 Å². The Morgan fingerprint density at radius 1 is 1.00 bits per heavy atom. The minimum Gasteiger partial charge on any atom is -0.462 e. The predicted octanol–water partition coefficient (Wildman–Crippen LogP) is 1.40. The van der Waals surface area contributed by atoms with Gasteiger partial charge in [-0.15, -0.1) is 0 Å². The number of carbonyl (C=O) groups is 2. The van der Waals surface area contributed by atoms with Crippen molar-refractivity contribution in [3.63, 3.8) is 0 Å². The quantitative estimate of drug-likeness (QED) is 0.263. The van der Waals surface area contributed by atoms with Crippen LogP contribution in [-0.2, 0) is 38.0 Å². The van der Waals surface area contributed by atoms with Gasteiger partial charge in [0, 0.05) is 24.0 Å². The maximum atomic E-state index is 13.3. The Morgan fingerprint density at radius 2 is 1.82 bits per heavy atom. The zero-order valence-electron chi connectivity index (χ0n) is 22.0. The summed E-state index contributed by atoms with van der Waals surface area (Å²) in [5, 5.41) is 21.1. The Morgan fingerprint density at radius 3 is 2.62 bits per heavy atom. The van der Waals surface area contributed by atoms with E-state index in [1.54, 1.807) is 12.2 Å². The molecule has 4 saturated heterocycles. The molecule has 7 aliphatic rings. The lowest BCUT2D eigenvalue weighted by Crippen LogP contribution is -2.66. The summed E-state index contributed by atoms with van der Waals surface area (Å²) in [6.45, 7) is 4.93. The molecule has 0 amide bonds. The molecule has 5 fully saturated rings. The van der Waals surface area contributed by atoms with Gasteiger partial charge in [-0.05, 0) is 37.8 Å². The van der Waals surface area contributed by atoms with Crippen LogP contribution in [0.2, 0.25) is 0 Å². The summed E-state index contributed by atoms with van der Waals surface area (Å²) < 4.78 is 36.5. The van der Waals surface area contributed by atoms with Gasteiger partial charge in [0.05, 0.1) is 30.8 Å². The van der Waals surface area contributed by atoms with Crippen LogP contribution in [0.5, 0.6) is 0 Å². The number of epoxide rings is 1. The molecule has 10 nitrogen and oxygen atoms in total. The van der Waals surface area contributed by atoms with Crippen LogP contribution in [0.4, 0.5) is 0 Å². The minimum absolute atomic E-state index is 0.0562. The van der Waals surface area contributed by atoms with Crippen molar-refractivity contribution in [3.8, 4) is 0 Å². The van der Waals surface area contributed by atoms with Gasteiger partial charge >= 0.3 is 11.9 Å². The molecule has 0 radical (unpaired) electrons. The van der Waals surface area contributed by atoms with Crippen LogP contribution in [0.15, 0.2) is 47.6 Å². The molecule has 10 atom stereocenters. The highest BCUT2D eigenvalue weighted by Gasteiger charge is 2.83. The van der Waals surface area contributed by atoms with Gasteiger partial charge in [0.25, 0.3) is 0 Å². The van der Waals surface area contributed by atoms with Crippen LogP contribution in [0.3, 0.4) is 0 Å². The van der Waals surface area contributed by atoms with Crippen LogP contribution >= 0.6 is 0 Å². The smallest absolute Gasteiger partial charge is 0.331 e. The molecule has 0 aromatic heterocycles. The summed E-state index contributed by atoms with van der Waals surface area (Å²) in [7, 11) is 0. The maximum absolute atomic E-state index is 13.3. The van der Waals surface area contributed by atoms with Crippen LogP contribution in [-0.4, -0.2) is 90.0 Å². The first-order chi connectivity index (χ1) is 18.7.